The van der Waals surface area contributed by atoms with Gasteiger partial charge in [0.05, 0.1) is 10.6 Å². The van der Waals surface area contributed by atoms with Crippen LogP contribution in [-0.2, 0) is 0 Å². The molecular formula is C12H9FN4OS. The molecule has 0 aliphatic rings. The summed E-state index contributed by atoms with van der Waals surface area (Å²) in [6.07, 6.45) is 1.33. The van der Waals surface area contributed by atoms with Crippen LogP contribution in [0, 0.1) is 12.7 Å². The number of halogens is 1. The van der Waals surface area contributed by atoms with Gasteiger partial charge in [0, 0.05) is 4.90 Å². The van der Waals surface area contributed by atoms with Gasteiger partial charge in [-0.05, 0) is 31.2 Å². The molecule has 0 saturated heterocycles. The molecule has 0 radical (unpaired) electrons. The largest absolute Gasteiger partial charge is 0.492 e. The third-order valence-corrected chi connectivity index (χ3v) is 3.75. The molecule has 0 spiro atoms. The fourth-order valence-corrected chi connectivity index (χ4v) is 2.54. The number of aryl methyl sites for hydroxylation is 1. The van der Waals surface area contributed by atoms with E-state index >= 15 is 0 Å². The lowest BCUT2D eigenvalue weighted by atomic mass is 10.3. The maximum Gasteiger partial charge on any atom is 0.255 e. The quantitative estimate of drug-likeness (QED) is 0.778. The van der Waals surface area contributed by atoms with Gasteiger partial charge in [0.2, 0.25) is 5.88 Å². The van der Waals surface area contributed by atoms with Crippen molar-refractivity contribution in [2.45, 2.75) is 16.7 Å². The predicted molar refractivity (Wildman–Crippen MR) is 67.7 cm³/mol. The van der Waals surface area contributed by atoms with Gasteiger partial charge < -0.3 is 5.11 Å². The van der Waals surface area contributed by atoms with Gasteiger partial charge in [-0.1, -0.05) is 11.8 Å². The van der Waals surface area contributed by atoms with E-state index in [2.05, 4.69) is 15.1 Å². The Bertz CT molecular complexity index is 741. The molecule has 0 aliphatic heterocycles. The Morgan fingerprint density at radius 2 is 2.00 bits per heavy atom. The Morgan fingerprint density at radius 1 is 1.26 bits per heavy atom. The van der Waals surface area contributed by atoms with E-state index < -0.39 is 0 Å². The first-order chi connectivity index (χ1) is 9.15. The minimum Gasteiger partial charge on any atom is -0.492 e. The second-order valence-corrected chi connectivity index (χ2v) is 4.96. The van der Waals surface area contributed by atoms with Crippen LogP contribution in [0.25, 0.3) is 5.78 Å². The zero-order valence-corrected chi connectivity index (χ0v) is 10.7. The molecule has 2 heterocycles. The molecular weight excluding hydrogens is 267 g/mol. The highest BCUT2D eigenvalue weighted by atomic mass is 32.2. The summed E-state index contributed by atoms with van der Waals surface area (Å²) >= 11 is 1.30. The second kappa shape index (κ2) is 4.51. The molecule has 7 heteroatoms. The predicted octanol–water partition coefficient (Wildman–Crippen LogP) is 2.43. The van der Waals surface area contributed by atoms with E-state index in [0.717, 1.165) is 4.90 Å². The highest BCUT2D eigenvalue weighted by molar-refractivity contribution is 7.99. The summed E-state index contributed by atoms with van der Waals surface area (Å²) in [6.45, 7) is 1.78. The monoisotopic (exact) mass is 276 g/mol. The van der Waals surface area contributed by atoms with Gasteiger partial charge in [0.25, 0.3) is 5.78 Å². The van der Waals surface area contributed by atoms with Crippen molar-refractivity contribution in [1.82, 2.24) is 19.6 Å². The van der Waals surface area contributed by atoms with E-state index in [0.29, 0.717) is 16.4 Å². The lowest BCUT2D eigenvalue weighted by molar-refractivity contribution is 0.419. The Kier molecular flexibility index (Phi) is 2.83. The average molecular weight is 276 g/mol. The fraction of sp³-hybridized carbons (Fsp3) is 0.0833. The number of benzene rings is 1. The normalized spacial score (nSPS) is 11.1. The number of nitrogens with zero attached hydrogens (tertiary/aromatic N) is 4. The topological polar surface area (TPSA) is 63.3 Å². The first-order valence-corrected chi connectivity index (χ1v) is 6.29. The maximum absolute atomic E-state index is 12.9. The molecule has 0 bridgehead atoms. The van der Waals surface area contributed by atoms with E-state index in [9.17, 15) is 9.50 Å². The molecule has 0 aliphatic carbocycles. The van der Waals surface area contributed by atoms with Crippen LogP contribution in [0.1, 0.15) is 5.69 Å². The molecule has 3 aromatic rings. The molecule has 0 atom stereocenters. The minimum absolute atomic E-state index is 0.0191. The maximum atomic E-state index is 12.9. The van der Waals surface area contributed by atoms with Gasteiger partial charge in [0.1, 0.15) is 12.1 Å². The Balaban J connectivity index is 2.06. The van der Waals surface area contributed by atoms with E-state index in [4.69, 9.17) is 0 Å². The van der Waals surface area contributed by atoms with E-state index in [1.807, 2.05) is 0 Å². The molecule has 0 amide bonds. The van der Waals surface area contributed by atoms with Crippen molar-refractivity contribution in [2.24, 2.45) is 0 Å². The van der Waals surface area contributed by atoms with Crippen LogP contribution in [0.3, 0.4) is 0 Å². The Morgan fingerprint density at radius 3 is 2.74 bits per heavy atom. The van der Waals surface area contributed by atoms with Crippen molar-refractivity contribution in [1.29, 1.82) is 0 Å². The molecule has 2 aromatic heterocycles. The SMILES string of the molecule is Cc1nc2ncnn2c(O)c1Sc1ccc(F)cc1. The second-order valence-electron chi connectivity index (χ2n) is 3.88. The van der Waals surface area contributed by atoms with Gasteiger partial charge in [-0.3, -0.25) is 0 Å². The van der Waals surface area contributed by atoms with Crippen molar-refractivity contribution in [2.75, 3.05) is 0 Å². The fourth-order valence-electron chi connectivity index (χ4n) is 1.66. The molecule has 5 nitrogen and oxygen atoms in total. The summed E-state index contributed by atoms with van der Waals surface area (Å²) in [6, 6.07) is 6.03. The smallest absolute Gasteiger partial charge is 0.255 e. The van der Waals surface area contributed by atoms with Crippen LogP contribution >= 0.6 is 11.8 Å². The van der Waals surface area contributed by atoms with Crippen LogP contribution in [-0.4, -0.2) is 24.7 Å². The van der Waals surface area contributed by atoms with Crippen molar-refractivity contribution >= 4 is 17.5 Å². The van der Waals surface area contributed by atoms with E-state index in [1.54, 1.807) is 19.1 Å². The number of aromatic nitrogens is 4. The zero-order valence-electron chi connectivity index (χ0n) is 9.91. The summed E-state index contributed by atoms with van der Waals surface area (Å²) in [4.78, 5) is 9.55. The molecule has 1 aromatic carbocycles. The van der Waals surface area contributed by atoms with Crippen molar-refractivity contribution < 1.29 is 9.50 Å². The Labute approximate surface area is 112 Å². The third-order valence-electron chi connectivity index (χ3n) is 2.56. The average Bonchev–Trinajstić information content (AvgIpc) is 2.85. The van der Waals surface area contributed by atoms with Crippen LogP contribution in [0.15, 0.2) is 40.4 Å². The van der Waals surface area contributed by atoms with Gasteiger partial charge in [-0.15, -0.1) is 0 Å². The summed E-state index contributed by atoms with van der Waals surface area (Å²) in [5, 5.41) is 14.1. The highest BCUT2D eigenvalue weighted by Gasteiger charge is 2.14. The molecule has 19 heavy (non-hydrogen) atoms. The first-order valence-electron chi connectivity index (χ1n) is 5.48. The summed E-state index contributed by atoms with van der Waals surface area (Å²) in [7, 11) is 0. The summed E-state index contributed by atoms with van der Waals surface area (Å²) in [5.41, 5.74) is 0.646. The van der Waals surface area contributed by atoms with Gasteiger partial charge in [-0.2, -0.15) is 14.6 Å². The number of hydrogen-bond acceptors (Lipinski definition) is 5. The first kappa shape index (κ1) is 11.9. The third kappa shape index (κ3) is 2.12. The van der Waals surface area contributed by atoms with Gasteiger partial charge in [0.15, 0.2) is 0 Å². The van der Waals surface area contributed by atoms with E-state index in [-0.39, 0.29) is 11.7 Å². The van der Waals surface area contributed by atoms with E-state index in [1.165, 1.54) is 34.7 Å². The van der Waals surface area contributed by atoms with Gasteiger partial charge >= 0.3 is 0 Å². The Hall–Kier alpha value is -2.15. The van der Waals surface area contributed by atoms with Crippen molar-refractivity contribution in [3.8, 4) is 5.88 Å². The number of fused-ring (bicyclic) bond motifs is 1. The minimum atomic E-state index is -0.296. The standard InChI is InChI=1S/C12H9FN4OS/c1-7-10(19-9-4-2-8(13)3-5-9)11(18)17-12(16-7)14-6-15-17/h2-6,18H,1H3. The molecule has 3 rings (SSSR count). The van der Waals surface area contributed by atoms with Crippen LogP contribution in [0.5, 0.6) is 5.88 Å². The summed E-state index contributed by atoms with van der Waals surface area (Å²) < 4.78 is 14.1. The lowest BCUT2D eigenvalue weighted by Gasteiger charge is -2.08. The number of hydrogen-bond donors (Lipinski definition) is 1. The molecule has 1 N–H and O–H groups in total. The molecule has 0 saturated carbocycles. The molecule has 0 unspecified atom stereocenters. The van der Waals surface area contributed by atoms with Crippen LogP contribution < -0.4 is 0 Å². The number of rotatable bonds is 2. The lowest BCUT2D eigenvalue weighted by Crippen LogP contribution is -1.97. The zero-order chi connectivity index (χ0) is 13.4. The summed E-state index contributed by atoms with van der Waals surface area (Å²) in [5.74, 6) is 0.0305. The van der Waals surface area contributed by atoms with Gasteiger partial charge in [-0.25, -0.2) is 9.37 Å². The van der Waals surface area contributed by atoms with Crippen LogP contribution in [0.2, 0.25) is 0 Å². The molecule has 0 fully saturated rings. The van der Waals surface area contributed by atoms with Crippen molar-refractivity contribution in [3.05, 3.63) is 42.1 Å². The molecule has 96 valence electrons. The number of aromatic hydroxyl groups is 1. The highest BCUT2D eigenvalue weighted by Crippen LogP contribution is 2.35. The van der Waals surface area contributed by atoms with Crippen LogP contribution in [0.4, 0.5) is 4.39 Å². The van der Waals surface area contributed by atoms with Crippen molar-refractivity contribution in [3.63, 3.8) is 0 Å².